The third-order valence-electron chi connectivity index (χ3n) is 3.19. The molecule has 1 aromatic heterocycles. The van der Waals surface area contributed by atoms with Crippen LogP contribution in [0.5, 0.6) is 0 Å². The third kappa shape index (κ3) is 2.32. The summed E-state index contributed by atoms with van der Waals surface area (Å²) in [4.78, 5) is 27.9. The Kier molecular flexibility index (Phi) is 3.27. The summed E-state index contributed by atoms with van der Waals surface area (Å²) in [6.45, 7) is 2.38. The van der Waals surface area contributed by atoms with Gasteiger partial charge in [-0.25, -0.2) is 4.98 Å². The van der Waals surface area contributed by atoms with Gasteiger partial charge in [-0.2, -0.15) is 4.39 Å². The van der Waals surface area contributed by atoms with Gasteiger partial charge in [-0.1, -0.05) is 6.92 Å². The SMILES string of the molecule is CC1CN(C(=O)c2ccc(F)nc2)CC1C(=O)O. The van der Waals surface area contributed by atoms with E-state index in [0.717, 1.165) is 12.3 Å². The number of pyridine rings is 1. The van der Waals surface area contributed by atoms with Crippen molar-refractivity contribution < 1.29 is 19.1 Å². The molecular weight excluding hydrogens is 239 g/mol. The summed E-state index contributed by atoms with van der Waals surface area (Å²) in [5, 5.41) is 8.99. The number of carbonyl (C=O) groups is 2. The van der Waals surface area contributed by atoms with Crippen molar-refractivity contribution in [1.29, 1.82) is 0 Å². The van der Waals surface area contributed by atoms with Crippen LogP contribution in [0.3, 0.4) is 0 Å². The zero-order valence-electron chi connectivity index (χ0n) is 9.84. The Bertz CT molecular complexity index is 475. The molecule has 1 aliphatic rings. The van der Waals surface area contributed by atoms with Gasteiger partial charge in [0.1, 0.15) is 0 Å². The van der Waals surface area contributed by atoms with Gasteiger partial charge in [0.05, 0.1) is 11.5 Å². The van der Waals surface area contributed by atoms with Crippen LogP contribution in [0.25, 0.3) is 0 Å². The Morgan fingerprint density at radius 1 is 1.44 bits per heavy atom. The summed E-state index contributed by atoms with van der Waals surface area (Å²) in [6.07, 6.45) is 1.16. The van der Waals surface area contributed by atoms with Gasteiger partial charge in [0.15, 0.2) is 0 Å². The number of halogens is 1. The molecule has 0 aliphatic carbocycles. The number of amides is 1. The predicted molar refractivity (Wildman–Crippen MR) is 60.4 cm³/mol. The lowest BCUT2D eigenvalue weighted by atomic mass is 9.99. The fourth-order valence-corrected chi connectivity index (χ4v) is 2.14. The monoisotopic (exact) mass is 252 g/mol. The van der Waals surface area contributed by atoms with Gasteiger partial charge < -0.3 is 10.0 Å². The Morgan fingerprint density at radius 3 is 2.67 bits per heavy atom. The molecule has 1 saturated heterocycles. The van der Waals surface area contributed by atoms with Crippen molar-refractivity contribution in [3.05, 3.63) is 29.8 Å². The highest BCUT2D eigenvalue weighted by Crippen LogP contribution is 2.24. The first-order valence-corrected chi connectivity index (χ1v) is 5.62. The van der Waals surface area contributed by atoms with E-state index in [1.165, 1.54) is 11.0 Å². The number of hydrogen-bond acceptors (Lipinski definition) is 3. The second-order valence-electron chi connectivity index (χ2n) is 4.50. The summed E-state index contributed by atoms with van der Waals surface area (Å²) in [5.74, 6) is -2.47. The molecule has 1 aromatic rings. The van der Waals surface area contributed by atoms with Crippen LogP contribution in [0.2, 0.25) is 0 Å². The van der Waals surface area contributed by atoms with Gasteiger partial charge in [-0.3, -0.25) is 9.59 Å². The molecule has 0 spiro atoms. The molecule has 2 heterocycles. The number of hydrogen-bond donors (Lipinski definition) is 1. The third-order valence-corrected chi connectivity index (χ3v) is 3.19. The maximum absolute atomic E-state index is 12.6. The van der Waals surface area contributed by atoms with E-state index in [4.69, 9.17) is 5.11 Å². The first-order chi connectivity index (χ1) is 8.49. The smallest absolute Gasteiger partial charge is 0.308 e. The molecule has 0 aromatic carbocycles. The molecule has 5 nitrogen and oxygen atoms in total. The largest absolute Gasteiger partial charge is 0.481 e. The number of likely N-dealkylation sites (tertiary alicyclic amines) is 1. The maximum atomic E-state index is 12.6. The highest BCUT2D eigenvalue weighted by atomic mass is 19.1. The van der Waals surface area contributed by atoms with E-state index in [-0.39, 0.29) is 23.9 Å². The van der Waals surface area contributed by atoms with Crippen LogP contribution in [-0.4, -0.2) is 40.0 Å². The van der Waals surface area contributed by atoms with Crippen molar-refractivity contribution in [3.63, 3.8) is 0 Å². The van der Waals surface area contributed by atoms with Gasteiger partial charge in [-0.15, -0.1) is 0 Å². The minimum Gasteiger partial charge on any atom is -0.481 e. The van der Waals surface area contributed by atoms with Crippen molar-refractivity contribution in [2.45, 2.75) is 6.92 Å². The van der Waals surface area contributed by atoms with Crippen molar-refractivity contribution in [2.75, 3.05) is 13.1 Å². The van der Waals surface area contributed by atoms with Crippen LogP contribution in [0.15, 0.2) is 18.3 Å². The summed E-state index contributed by atoms with van der Waals surface area (Å²) >= 11 is 0. The Morgan fingerprint density at radius 2 is 2.17 bits per heavy atom. The standard InChI is InChI=1S/C12H13FN2O3/c1-7-5-15(6-9(7)12(17)18)11(16)8-2-3-10(13)14-4-8/h2-4,7,9H,5-6H2,1H3,(H,17,18). The van der Waals surface area contributed by atoms with E-state index in [9.17, 15) is 14.0 Å². The summed E-state index contributed by atoms with van der Waals surface area (Å²) in [7, 11) is 0. The normalized spacial score (nSPS) is 23.1. The van der Waals surface area contributed by atoms with Gasteiger partial charge in [-0.05, 0) is 18.1 Å². The lowest BCUT2D eigenvalue weighted by Gasteiger charge is -2.15. The van der Waals surface area contributed by atoms with Crippen LogP contribution in [0, 0.1) is 17.8 Å². The fourth-order valence-electron chi connectivity index (χ4n) is 2.14. The summed E-state index contributed by atoms with van der Waals surface area (Å²) in [5.41, 5.74) is 0.273. The summed E-state index contributed by atoms with van der Waals surface area (Å²) < 4.78 is 12.6. The lowest BCUT2D eigenvalue weighted by molar-refractivity contribution is -0.142. The van der Waals surface area contributed by atoms with Crippen LogP contribution < -0.4 is 0 Å². The number of aromatic nitrogens is 1. The first-order valence-electron chi connectivity index (χ1n) is 5.62. The van der Waals surface area contributed by atoms with Crippen molar-refractivity contribution in [3.8, 4) is 0 Å². The minimum absolute atomic E-state index is 0.0835. The van der Waals surface area contributed by atoms with Crippen molar-refractivity contribution >= 4 is 11.9 Å². The maximum Gasteiger partial charge on any atom is 0.308 e. The van der Waals surface area contributed by atoms with Gasteiger partial charge in [0.25, 0.3) is 5.91 Å². The molecular formula is C12H13FN2O3. The fraction of sp³-hybridized carbons (Fsp3) is 0.417. The highest BCUT2D eigenvalue weighted by molar-refractivity contribution is 5.94. The zero-order chi connectivity index (χ0) is 13.3. The molecule has 2 rings (SSSR count). The lowest BCUT2D eigenvalue weighted by Crippen LogP contribution is -2.30. The molecule has 6 heteroatoms. The Hall–Kier alpha value is -1.98. The number of nitrogens with zero attached hydrogens (tertiary/aromatic N) is 2. The molecule has 96 valence electrons. The van der Waals surface area contributed by atoms with Gasteiger partial charge >= 0.3 is 5.97 Å². The highest BCUT2D eigenvalue weighted by Gasteiger charge is 2.37. The van der Waals surface area contributed by atoms with E-state index < -0.39 is 17.8 Å². The van der Waals surface area contributed by atoms with Gasteiger partial charge in [0.2, 0.25) is 5.95 Å². The average molecular weight is 252 g/mol. The van der Waals surface area contributed by atoms with E-state index >= 15 is 0 Å². The molecule has 0 bridgehead atoms. The minimum atomic E-state index is -0.893. The molecule has 2 atom stereocenters. The zero-order valence-corrected chi connectivity index (χ0v) is 9.84. The predicted octanol–water partition coefficient (Wildman–Crippen LogP) is 1.01. The van der Waals surface area contributed by atoms with Crippen molar-refractivity contribution in [2.24, 2.45) is 11.8 Å². The molecule has 2 unspecified atom stereocenters. The second-order valence-corrected chi connectivity index (χ2v) is 4.50. The van der Waals surface area contributed by atoms with Crippen LogP contribution in [0.4, 0.5) is 4.39 Å². The number of carbonyl (C=O) groups excluding carboxylic acids is 1. The van der Waals surface area contributed by atoms with Crippen LogP contribution >= 0.6 is 0 Å². The second kappa shape index (κ2) is 4.72. The topological polar surface area (TPSA) is 70.5 Å². The average Bonchev–Trinajstić information content (AvgIpc) is 2.71. The molecule has 18 heavy (non-hydrogen) atoms. The summed E-state index contributed by atoms with van der Waals surface area (Å²) in [6, 6.07) is 2.46. The quantitative estimate of drug-likeness (QED) is 0.797. The number of rotatable bonds is 2. The van der Waals surface area contributed by atoms with E-state index in [2.05, 4.69) is 4.98 Å². The Balaban J connectivity index is 2.12. The first kappa shape index (κ1) is 12.5. The molecule has 1 aliphatic heterocycles. The molecule has 1 amide bonds. The van der Waals surface area contributed by atoms with E-state index in [1.54, 1.807) is 6.92 Å². The van der Waals surface area contributed by atoms with E-state index in [1.807, 2.05) is 0 Å². The molecule has 0 radical (unpaired) electrons. The number of carboxylic acid groups (broad SMARTS) is 1. The van der Waals surface area contributed by atoms with E-state index in [0.29, 0.717) is 6.54 Å². The number of carboxylic acids is 1. The number of aliphatic carboxylic acids is 1. The molecule has 1 N–H and O–H groups in total. The van der Waals surface area contributed by atoms with Gasteiger partial charge in [0, 0.05) is 19.3 Å². The van der Waals surface area contributed by atoms with Crippen LogP contribution in [-0.2, 0) is 4.79 Å². The van der Waals surface area contributed by atoms with Crippen LogP contribution in [0.1, 0.15) is 17.3 Å². The molecule has 1 fully saturated rings. The molecule has 0 saturated carbocycles. The Labute approximate surface area is 103 Å². The van der Waals surface area contributed by atoms with Crippen molar-refractivity contribution in [1.82, 2.24) is 9.88 Å².